The molecule has 29 heavy (non-hydrogen) atoms. The van der Waals surface area contributed by atoms with Gasteiger partial charge in [-0.15, -0.1) is 0 Å². The molecule has 0 radical (unpaired) electrons. The second-order valence-electron chi connectivity index (χ2n) is 6.66. The number of rotatable bonds is 7. The van der Waals surface area contributed by atoms with E-state index in [4.69, 9.17) is 4.74 Å². The predicted molar refractivity (Wildman–Crippen MR) is 113 cm³/mol. The largest absolute Gasteiger partial charge is 0.489 e. The second-order valence-corrected chi connectivity index (χ2v) is 6.66. The fourth-order valence-corrected chi connectivity index (χ4v) is 3.00. The molecule has 1 heterocycles. The van der Waals surface area contributed by atoms with Crippen LogP contribution in [0.5, 0.6) is 5.75 Å². The Balaban J connectivity index is 1.40. The van der Waals surface area contributed by atoms with Crippen LogP contribution in [0.25, 0.3) is 0 Å². The molecule has 0 saturated heterocycles. The first kappa shape index (κ1) is 18.5. The number of carbonyl (C=O) groups excluding carboxylic acids is 1. The summed E-state index contributed by atoms with van der Waals surface area (Å²) in [4.78, 5) is 12.7. The van der Waals surface area contributed by atoms with Crippen LogP contribution in [-0.4, -0.2) is 15.7 Å². The first-order valence-corrected chi connectivity index (χ1v) is 9.41. The monoisotopic (exact) mass is 383 g/mol. The van der Waals surface area contributed by atoms with Gasteiger partial charge >= 0.3 is 0 Å². The maximum Gasteiger partial charge on any atom is 0.255 e. The third kappa shape index (κ3) is 5.11. The van der Waals surface area contributed by atoms with Crippen LogP contribution >= 0.6 is 0 Å². The van der Waals surface area contributed by atoms with E-state index in [0.717, 1.165) is 16.8 Å². The highest BCUT2D eigenvalue weighted by Crippen LogP contribution is 2.18. The zero-order chi connectivity index (χ0) is 19.9. The molecule has 0 aliphatic heterocycles. The summed E-state index contributed by atoms with van der Waals surface area (Å²) in [5, 5.41) is 7.17. The van der Waals surface area contributed by atoms with Crippen LogP contribution in [0, 0.1) is 0 Å². The molecule has 1 aromatic heterocycles. The van der Waals surface area contributed by atoms with E-state index in [1.54, 1.807) is 18.3 Å². The van der Waals surface area contributed by atoms with E-state index < -0.39 is 0 Å². The number of anilines is 1. The van der Waals surface area contributed by atoms with Gasteiger partial charge in [0, 0.05) is 23.6 Å². The van der Waals surface area contributed by atoms with Crippen molar-refractivity contribution < 1.29 is 9.53 Å². The van der Waals surface area contributed by atoms with E-state index in [0.29, 0.717) is 24.5 Å². The number of carbonyl (C=O) groups is 1. The summed E-state index contributed by atoms with van der Waals surface area (Å²) in [6.07, 6.45) is 3.66. The Labute approximate surface area is 169 Å². The Morgan fingerprint density at radius 3 is 2.55 bits per heavy atom. The predicted octanol–water partition coefficient (Wildman–Crippen LogP) is 4.76. The number of amides is 1. The Hall–Kier alpha value is -3.86. The minimum atomic E-state index is -0.175. The Morgan fingerprint density at radius 1 is 0.897 bits per heavy atom. The third-order valence-corrected chi connectivity index (χ3v) is 4.43. The highest BCUT2D eigenvalue weighted by molar-refractivity contribution is 6.04. The molecule has 1 amide bonds. The van der Waals surface area contributed by atoms with Gasteiger partial charge in [-0.25, -0.2) is 0 Å². The Kier molecular flexibility index (Phi) is 5.67. The average Bonchev–Trinajstić information content (AvgIpc) is 3.26. The first-order valence-electron chi connectivity index (χ1n) is 9.41. The van der Waals surface area contributed by atoms with Crippen molar-refractivity contribution in [2.45, 2.75) is 13.2 Å². The highest BCUT2D eigenvalue weighted by atomic mass is 16.5. The van der Waals surface area contributed by atoms with E-state index >= 15 is 0 Å². The number of aromatic nitrogens is 2. The summed E-state index contributed by atoms with van der Waals surface area (Å²) < 4.78 is 7.66. The van der Waals surface area contributed by atoms with E-state index in [1.807, 2.05) is 83.7 Å². The molecule has 0 aliphatic carbocycles. The summed E-state index contributed by atoms with van der Waals surface area (Å²) in [7, 11) is 0. The summed E-state index contributed by atoms with van der Waals surface area (Å²) in [5.41, 5.74) is 3.44. The summed E-state index contributed by atoms with van der Waals surface area (Å²) in [6.45, 7) is 1.11. The molecular formula is C24H21N3O2. The molecule has 0 bridgehead atoms. The van der Waals surface area contributed by atoms with Gasteiger partial charge in [-0.05, 0) is 47.5 Å². The van der Waals surface area contributed by atoms with Gasteiger partial charge in [0.15, 0.2) is 0 Å². The standard InChI is InChI=1S/C24H21N3O2/c28-24(26-22-11-4-9-20(15-22)17-27-14-6-13-25-27)21-10-5-12-23(16-21)29-18-19-7-2-1-3-8-19/h1-16H,17-18H2,(H,26,28). The molecule has 4 aromatic rings. The molecule has 0 unspecified atom stereocenters. The van der Waals surface area contributed by atoms with E-state index in [1.165, 1.54) is 0 Å². The van der Waals surface area contributed by atoms with Crippen LogP contribution in [0.2, 0.25) is 0 Å². The third-order valence-electron chi connectivity index (χ3n) is 4.43. The number of ether oxygens (including phenoxy) is 1. The fourth-order valence-electron chi connectivity index (χ4n) is 3.00. The van der Waals surface area contributed by atoms with Gasteiger partial charge < -0.3 is 10.1 Å². The molecule has 0 fully saturated rings. The Bertz CT molecular complexity index is 1080. The molecule has 3 aromatic carbocycles. The smallest absolute Gasteiger partial charge is 0.255 e. The lowest BCUT2D eigenvalue weighted by molar-refractivity contribution is 0.102. The number of nitrogens with one attached hydrogen (secondary N) is 1. The van der Waals surface area contributed by atoms with Crippen molar-refractivity contribution in [3.8, 4) is 5.75 Å². The van der Waals surface area contributed by atoms with Gasteiger partial charge in [0.2, 0.25) is 0 Å². The van der Waals surface area contributed by atoms with Gasteiger partial charge in [0.05, 0.1) is 6.54 Å². The second kappa shape index (κ2) is 8.89. The topological polar surface area (TPSA) is 56.2 Å². The number of nitrogens with zero attached hydrogens (tertiary/aromatic N) is 2. The molecule has 0 spiro atoms. The minimum Gasteiger partial charge on any atom is -0.489 e. The van der Waals surface area contributed by atoms with Crippen LogP contribution in [0.3, 0.4) is 0 Å². The lowest BCUT2D eigenvalue weighted by Crippen LogP contribution is -2.12. The summed E-state index contributed by atoms with van der Waals surface area (Å²) in [6, 6.07) is 26.8. The zero-order valence-electron chi connectivity index (χ0n) is 15.9. The maximum absolute atomic E-state index is 12.7. The molecule has 0 aliphatic rings. The van der Waals surface area contributed by atoms with Crippen LogP contribution in [0.15, 0.2) is 97.3 Å². The van der Waals surface area contributed by atoms with E-state index in [-0.39, 0.29) is 5.91 Å². The molecule has 5 nitrogen and oxygen atoms in total. The summed E-state index contributed by atoms with van der Waals surface area (Å²) in [5.74, 6) is 0.486. The van der Waals surface area contributed by atoms with E-state index in [9.17, 15) is 4.79 Å². The molecular weight excluding hydrogens is 362 g/mol. The summed E-state index contributed by atoms with van der Waals surface area (Å²) >= 11 is 0. The molecule has 1 N–H and O–H groups in total. The molecule has 0 saturated carbocycles. The molecule has 0 atom stereocenters. The highest BCUT2D eigenvalue weighted by Gasteiger charge is 2.08. The van der Waals surface area contributed by atoms with Crippen LogP contribution in [0.1, 0.15) is 21.5 Å². The van der Waals surface area contributed by atoms with Crippen molar-refractivity contribution in [2.24, 2.45) is 0 Å². The van der Waals surface area contributed by atoms with Gasteiger partial charge in [-0.3, -0.25) is 9.48 Å². The van der Waals surface area contributed by atoms with Crippen molar-refractivity contribution in [2.75, 3.05) is 5.32 Å². The van der Waals surface area contributed by atoms with Crippen molar-refractivity contribution in [3.05, 3.63) is 114 Å². The number of hydrogen-bond acceptors (Lipinski definition) is 3. The number of hydrogen-bond donors (Lipinski definition) is 1. The first-order chi connectivity index (χ1) is 14.3. The van der Waals surface area contributed by atoms with Crippen LogP contribution < -0.4 is 10.1 Å². The van der Waals surface area contributed by atoms with Crippen molar-refractivity contribution in [3.63, 3.8) is 0 Å². The number of benzene rings is 3. The quantitative estimate of drug-likeness (QED) is 0.500. The lowest BCUT2D eigenvalue weighted by Gasteiger charge is -2.10. The van der Waals surface area contributed by atoms with E-state index in [2.05, 4.69) is 10.4 Å². The zero-order valence-corrected chi connectivity index (χ0v) is 15.9. The van der Waals surface area contributed by atoms with Gasteiger partial charge in [-0.2, -0.15) is 5.10 Å². The average molecular weight is 383 g/mol. The minimum absolute atomic E-state index is 0.175. The molecule has 4 rings (SSSR count). The van der Waals surface area contributed by atoms with Crippen molar-refractivity contribution in [1.82, 2.24) is 9.78 Å². The normalized spacial score (nSPS) is 10.5. The fraction of sp³-hybridized carbons (Fsp3) is 0.0833. The van der Waals surface area contributed by atoms with Crippen LogP contribution in [0.4, 0.5) is 5.69 Å². The van der Waals surface area contributed by atoms with Crippen molar-refractivity contribution >= 4 is 11.6 Å². The van der Waals surface area contributed by atoms with Crippen LogP contribution in [-0.2, 0) is 13.2 Å². The van der Waals surface area contributed by atoms with Gasteiger partial charge in [0.25, 0.3) is 5.91 Å². The lowest BCUT2D eigenvalue weighted by atomic mass is 10.1. The van der Waals surface area contributed by atoms with Gasteiger partial charge in [-0.1, -0.05) is 48.5 Å². The SMILES string of the molecule is O=C(Nc1cccc(Cn2cccn2)c1)c1cccc(OCc2ccccc2)c1. The molecule has 5 heteroatoms. The Morgan fingerprint density at radius 2 is 1.72 bits per heavy atom. The van der Waals surface area contributed by atoms with Gasteiger partial charge in [0.1, 0.15) is 12.4 Å². The van der Waals surface area contributed by atoms with Crippen molar-refractivity contribution in [1.29, 1.82) is 0 Å². The maximum atomic E-state index is 12.7. The molecule has 144 valence electrons.